The van der Waals surface area contributed by atoms with E-state index in [1.165, 1.54) is 11.8 Å². The fraction of sp³-hybridized carbons (Fsp3) is 0.556. The number of amides is 1. The maximum Gasteiger partial charge on any atom is 0.250 e. The minimum Gasteiger partial charge on any atom is -0.378 e. The Balaban J connectivity index is 1.97. The van der Waals surface area contributed by atoms with Crippen LogP contribution in [0.2, 0.25) is 0 Å². The summed E-state index contributed by atoms with van der Waals surface area (Å²) in [7, 11) is 0.889. The standard InChI is InChI=1S/C18H25N3O3S2/c1-5-12(2)17(22)19-18-21(14-8-6-13(7-9-14)20(3)4)15-10-26(23,24)11-16(15)25-18/h6-9,12,15-16H,5,10-11H2,1-4H3/t12-,15+,16-/m0/s1. The lowest BCUT2D eigenvalue weighted by Crippen LogP contribution is -2.37. The lowest BCUT2D eigenvalue weighted by molar-refractivity contribution is -0.121. The van der Waals surface area contributed by atoms with Gasteiger partial charge in [0.05, 0.1) is 17.5 Å². The SMILES string of the molecule is CC[C@H](C)C(=O)N=C1S[C@H]2CS(=O)(=O)C[C@H]2N1c1ccc(N(C)C)cc1. The minimum absolute atomic E-state index is 0.0722. The molecule has 2 fully saturated rings. The van der Waals surface area contributed by atoms with Crippen LogP contribution in [0.5, 0.6) is 0 Å². The summed E-state index contributed by atoms with van der Waals surface area (Å²) in [4.78, 5) is 20.6. The Labute approximate surface area is 159 Å². The topological polar surface area (TPSA) is 70.0 Å². The molecule has 3 atom stereocenters. The van der Waals surface area contributed by atoms with Crippen molar-refractivity contribution in [3.63, 3.8) is 0 Å². The van der Waals surface area contributed by atoms with Crippen LogP contribution in [-0.4, -0.2) is 56.4 Å². The van der Waals surface area contributed by atoms with Gasteiger partial charge >= 0.3 is 0 Å². The summed E-state index contributed by atoms with van der Waals surface area (Å²) in [5.41, 5.74) is 1.94. The Morgan fingerprint density at radius 1 is 1.31 bits per heavy atom. The molecule has 0 aliphatic carbocycles. The van der Waals surface area contributed by atoms with Gasteiger partial charge in [0, 0.05) is 36.6 Å². The van der Waals surface area contributed by atoms with E-state index in [9.17, 15) is 13.2 Å². The van der Waals surface area contributed by atoms with Crippen molar-refractivity contribution < 1.29 is 13.2 Å². The maximum absolute atomic E-state index is 12.3. The summed E-state index contributed by atoms with van der Waals surface area (Å²) in [6, 6.07) is 7.74. The molecule has 1 aromatic carbocycles. The lowest BCUT2D eigenvalue weighted by atomic mass is 10.1. The summed E-state index contributed by atoms with van der Waals surface area (Å²) in [6.45, 7) is 3.83. The highest BCUT2D eigenvalue weighted by molar-refractivity contribution is 8.16. The van der Waals surface area contributed by atoms with Gasteiger partial charge in [-0.05, 0) is 30.7 Å². The average molecular weight is 396 g/mol. The molecule has 0 aromatic heterocycles. The average Bonchev–Trinajstić information content (AvgIpc) is 3.04. The minimum atomic E-state index is -3.05. The second kappa shape index (κ2) is 7.23. The third-order valence-corrected chi connectivity index (χ3v) is 8.16. The number of rotatable bonds is 4. The number of hydrogen-bond donors (Lipinski definition) is 0. The number of fused-ring (bicyclic) bond motifs is 1. The largest absolute Gasteiger partial charge is 0.378 e. The van der Waals surface area contributed by atoms with Crippen molar-refractivity contribution >= 4 is 44.0 Å². The van der Waals surface area contributed by atoms with Crippen LogP contribution in [0.3, 0.4) is 0 Å². The molecule has 26 heavy (non-hydrogen) atoms. The fourth-order valence-electron chi connectivity index (χ4n) is 3.16. The zero-order chi connectivity index (χ0) is 19.1. The highest BCUT2D eigenvalue weighted by Gasteiger charge is 2.49. The molecule has 2 saturated heterocycles. The first kappa shape index (κ1) is 19.2. The fourth-order valence-corrected chi connectivity index (χ4v) is 7.08. The molecule has 0 spiro atoms. The van der Waals surface area contributed by atoms with Crippen LogP contribution in [0.1, 0.15) is 20.3 Å². The zero-order valence-electron chi connectivity index (χ0n) is 15.5. The number of sulfone groups is 1. The molecule has 8 heteroatoms. The monoisotopic (exact) mass is 395 g/mol. The van der Waals surface area contributed by atoms with Crippen molar-refractivity contribution in [1.82, 2.24) is 0 Å². The molecule has 2 aliphatic heterocycles. The molecule has 0 unspecified atom stereocenters. The van der Waals surface area contributed by atoms with E-state index in [-0.39, 0.29) is 34.6 Å². The van der Waals surface area contributed by atoms with Crippen LogP contribution in [0.4, 0.5) is 11.4 Å². The number of nitrogens with zero attached hydrogens (tertiary/aromatic N) is 3. The van der Waals surface area contributed by atoms with E-state index in [1.54, 1.807) is 0 Å². The number of aliphatic imine (C=N–C) groups is 1. The van der Waals surface area contributed by atoms with Gasteiger partial charge in [-0.25, -0.2) is 8.42 Å². The van der Waals surface area contributed by atoms with Crippen LogP contribution < -0.4 is 9.80 Å². The molecule has 2 heterocycles. The number of carbonyl (C=O) groups is 1. The van der Waals surface area contributed by atoms with Gasteiger partial charge in [0.1, 0.15) is 0 Å². The summed E-state index contributed by atoms with van der Waals surface area (Å²) >= 11 is 1.42. The van der Waals surface area contributed by atoms with Crippen molar-refractivity contribution in [2.75, 3.05) is 35.4 Å². The van der Waals surface area contributed by atoms with Crippen LogP contribution in [0.15, 0.2) is 29.3 Å². The highest BCUT2D eigenvalue weighted by Crippen LogP contribution is 2.41. The molecule has 0 bridgehead atoms. The number of thioether (sulfide) groups is 1. The van der Waals surface area contributed by atoms with E-state index >= 15 is 0 Å². The van der Waals surface area contributed by atoms with E-state index < -0.39 is 9.84 Å². The molecule has 3 rings (SSSR count). The first-order valence-electron chi connectivity index (χ1n) is 8.78. The van der Waals surface area contributed by atoms with Crippen LogP contribution in [0, 0.1) is 5.92 Å². The second-order valence-electron chi connectivity index (χ2n) is 7.12. The van der Waals surface area contributed by atoms with Gasteiger partial charge < -0.3 is 9.80 Å². The number of hydrogen-bond acceptors (Lipinski definition) is 5. The predicted octanol–water partition coefficient (Wildman–Crippen LogP) is 2.40. The van der Waals surface area contributed by atoms with Gasteiger partial charge in [-0.1, -0.05) is 25.6 Å². The Kier molecular flexibility index (Phi) is 5.35. The first-order chi connectivity index (χ1) is 12.2. The van der Waals surface area contributed by atoms with E-state index in [2.05, 4.69) is 4.99 Å². The highest BCUT2D eigenvalue weighted by atomic mass is 32.2. The first-order valence-corrected chi connectivity index (χ1v) is 11.5. The summed E-state index contributed by atoms with van der Waals surface area (Å²) in [6.07, 6.45) is 0.735. The van der Waals surface area contributed by atoms with E-state index in [1.807, 2.05) is 62.0 Å². The molecule has 1 amide bonds. The Morgan fingerprint density at radius 3 is 2.54 bits per heavy atom. The van der Waals surface area contributed by atoms with Gasteiger partial charge in [0.15, 0.2) is 15.0 Å². The smallest absolute Gasteiger partial charge is 0.250 e. The third-order valence-electron chi connectivity index (χ3n) is 4.95. The van der Waals surface area contributed by atoms with Crippen molar-refractivity contribution in [2.45, 2.75) is 31.6 Å². The summed E-state index contributed by atoms with van der Waals surface area (Å²) < 4.78 is 24.2. The van der Waals surface area contributed by atoms with Crippen LogP contribution in [0.25, 0.3) is 0 Å². The maximum atomic E-state index is 12.3. The molecule has 0 saturated carbocycles. The predicted molar refractivity (Wildman–Crippen MR) is 109 cm³/mol. The van der Waals surface area contributed by atoms with E-state index in [0.717, 1.165) is 17.8 Å². The van der Waals surface area contributed by atoms with Gasteiger partial charge in [0.2, 0.25) is 0 Å². The van der Waals surface area contributed by atoms with Crippen molar-refractivity contribution in [3.05, 3.63) is 24.3 Å². The van der Waals surface area contributed by atoms with E-state index in [0.29, 0.717) is 5.17 Å². The summed E-state index contributed by atoms with van der Waals surface area (Å²) in [5.74, 6) is -0.0279. The number of benzene rings is 1. The van der Waals surface area contributed by atoms with Gasteiger partial charge in [-0.3, -0.25) is 4.79 Å². The molecular weight excluding hydrogens is 370 g/mol. The number of anilines is 2. The number of carbonyl (C=O) groups excluding carboxylic acids is 1. The molecule has 142 valence electrons. The lowest BCUT2D eigenvalue weighted by Gasteiger charge is -2.25. The Morgan fingerprint density at radius 2 is 1.96 bits per heavy atom. The van der Waals surface area contributed by atoms with Crippen LogP contribution in [-0.2, 0) is 14.6 Å². The zero-order valence-corrected chi connectivity index (χ0v) is 17.2. The molecule has 0 radical (unpaired) electrons. The van der Waals surface area contributed by atoms with Gasteiger partial charge in [-0.15, -0.1) is 0 Å². The number of amidine groups is 1. The second-order valence-corrected chi connectivity index (χ2v) is 10.5. The molecular formula is C18H25N3O3S2. The van der Waals surface area contributed by atoms with Gasteiger partial charge in [-0.2, -0.15) is 4.99 Å². The molecule has 1 aromatic rings. The Bertz CT molecular complexity index is 819. The molecule has 2 aliphatic rings. The van der Waals surface area contributed by atoms with E-state index in [4.69, 9.17) is 0 Å². The van der Waals surface area contributed by atoms with Crippen molar-refractivity contribution in [3.8, 4) is 0 Å². The van der Waals surface area contributed by atoms with Crippen molar-refractivity contribution in [1.29, 1.82) is 0 Å². The quantitative estimate of drug-likeness (QED) is 0.780. The summed E-state index contributed by atoms with van der Waals surface area (Å²) in [5, 5.41) is 0.551. The van der Waals surface area contributed by atoms with Gasteiger partial charge in [0.25, 0.3) is 5.91 Å². The molecule has 6 nitrogen and oxygen atoms in total. The normalized spacial score (nSPS) is 26.8. The van der Waals surface area contributed by atoms with Crippen molar-refractivity contribution in [2.24, 2.45) is 10.9 Å². The third kappa shape index (κ3) is 3.76. The molecule has 0 N–H and O–H groups in total. The van der Waals surface area contributed by atoms with Crippen LogP contribution >= 0.6 is 11.8 Å². The Hall–Kier alpha value is -1.54.